The van der Waals surface area contributed by atoms with E-state index in [4.69, 9.17) is 4.74 Å². The van der Waals surface area contributed by atoms with Crippen LogP contribution < -0.4 is 10.1 Å². The second-order valence-electron chi connectivity index (χ2n) is 4.55. The van der Waals surface area contributed by atoms with E-state index in [2.05, 4.69) is 5.32 Å². The molecule has 1 N–H and O–H groups in total. The first-order valence-corrected chi connectivity index (χ1v) is 7.97. The fourth-order valence-electron chi connectivity index (χ4n) is 1.81. The number of rotatable bonds is 7. The van der Waals surface area contributed by atoms with Gasteiger partial charge in [0.1, 0.15) is 5.75 Å². The van der Waals surface area contributed by atoms with Crippen LogP contribution in [0.15, 0.2) is 53.4 Å². The average molecular weight is 332 g/mol. The number of anilines is 1. The standard InChI is InChI=1S/C16H16N2O4S/c1-2-22-14-7-9-15(10-8-14)23-11-16(19)17-12-3-5-13(6-4-12)18(20)21/h3-10H,2,11H2,1H3,(H,17,19). The molecule has 2 aromatic rings. The Balaban J connectivity index is 1.83. The molecule has 0 aliphatic carbocycles. The Hall–Kier alpha value is -2.54. The van der Waals surface area contributed by atoms with E-state index in [1.165, 1.54) is 36.0 Å². The largest absolute Gasteiger partial charge is 0.494 e. The lowest BCUT2D eigenvalue weighted by molar-refractivity contribution is -0.384. The molecule has 0 aliphatic rings. The number of hydrogen-bond donors (Lipinski definition) is 1. The molecular formula is C16H16N2O4S. The van der Waals surface area contributed by atoms with Crippen LogP contribution in [0.1, 0.15) is 6.92 Å². The molecule has 0 spiro atoms. The molecule has 0 saturated carbocycles. The molecule has 0 unspecified atom stereocenters. The van der Waals surface area contributed by atoms with Crippen molar-refractivity contribution in [2.24, 2.45) is 0 Å². The van der Waals surface area contributed by atoms with Crippen LogP contribution in [0.4, 0.5) is 11.4 Å². The number of carbonyl (C=O) groups excluding carboxylic acids is 1. The molecule has 0 atom stereocenters. The van der Waals surface area contributed by atoms with Crippen molar-refractivity contribution in [2.75, 3.05) is 17.7 Å². The smallest absolute Gasteiger partial charge is 0.269 e. The predicted octanol–water partition coefficient (Wildman–Crippen LogP) is 3.72. The number of carbonyl (C=O) groups is 1. The number of thioether (sulfide) groups is 1. The van der Waals surface area contributed by atoms with E-state index in [1.54, 1.807) is 0 Å². The average Bonchev–Trinajstić information content (AvgIpc) is 2.55. The summed E-state index contributed by atoms with van der Waals surface area (Å²) in [5.41, 5.74) is 0.527. The van der Waals surface area contributed by atoms with Crippen LogP contribution in [0, 0.1) is 10.1 Å². The van der Waals surface area contributed by atoms with Gasteiger partial charge in [0.2, 0.25) is 5.91 Å². The molecule has 1 amide bonds. The highest BCUT2D eigenvalue weighted by Crippen LogP contribution is 2.22. The summed E-state index contributed by atoms with van der Waals surface area (Å²) in [5, 5.41) is 13.3. The number of nitrogens with one attached hydrogen (secondary N) is 1. The maximum Gasteiger partial charge on any atom is 0.269 e. The molecular weight excluding hydrogens is 316 g/mol. The van der Waals surface area contributed by atoms with E-state index in [9.17, 15) is 14.9 Å². The number of benzene rings is 2. The van der Waals surface area contributed by atoms with Crippen molar-refractivity contribution < 1.29 is 14.5 Å². The summed E-state index contributed by atoms with van der Waals surface area (Å²) in [4.78, 5) is 22.9. The van der Waals surface area contributed by atoms with Gasteiger partial charge >= 0.3 is 0 Å². The van der Waals surface area contributed by atoms with Crippen molar-refractivity contribution in [3.8, 4) is 5.75 Å². The molecule has 0 radical (unpaired) electrons. The SMILES string of the molecule is CCOc1ccc(SCC(=O)Nc2ccc([N+](=O)[O-])cc2)cc1. The Morgan fingerprint density at radius 3 is 2.39 bits per heavy atom. The lowest BCUT2D eigenvalue weighted by atomic mass is 10.3. The molecule has 7 heteroatoms. The molecule has 2 aromatic carbocycles. The van der Waals surface area contributed by atoms with Crippen molar-refractivity contribution in [2.45, 2.75) is 11.8 Å². The Morgan fingerprint density at radius 1 is 1.17 bits per heavy atom. The van der Waals surface area contributed by atoms with Gasteiger partial charge in [0.15, 0.2) is 0 Å². The molecule has 0 heterocycles. The Morgan fingerprint density at radius 2 is 1.83 bits per heavy atom. The Labute approximate surface area is 138 Å². The summed E-state index contributed by atoms with van der Waals surface area (Å²) in [7, 11) is 0. The van der Waals surface area contributed by atoms with Gasteiger partial charge in [-0.05, 0) is 43.3 Å². The maximum atomic E-state index is 11.9. The van der Waals surface area contributed by atoms with Gasteiger partial charge in [0, 0.05) is 22.7 Å². The monoisotopic (exact) mass is 332 g/mol. The number of hydrogen-bond acceptors (Lipinski definition) is 5. The van der Waals surface area contributed by atoms with Crippen molar-refractivity contribution in [1.29, 1.82) is 0 Å². The zero-order valence-electron chi connectivity index (χ0n) is 12.5. The van der Waals surface area contributed by atoms with Crippen LogP contribution in [-0.2, 0) is 4.79 Å². The second kappa shape index (κ2) is 8.19. The highest BCUT2D eigenvalue weighted by atomic mass is 32.2. The van der Waals surface area contributed by atoms with Crippen LogP contribution in [0.3, 0.4) is 0 Å². The first kappa shape index (κ1) is 16.8. The first-order valence-electron chi connectivity index (χ1n) is 6.98. The number of amides is 1. The molecule has 120 valence electrons. The van der Waals surface area contributed by atoms with E-state index >= 15 is 0 Å². The lowest BCUT2D eigenvalue weighted by Gasteiger charge is -2.06. The molecule has 2 rings (SSSR count). The maximum absolute atomic E-state index is 11.9. The fourth-order valence-corrected chi connectivity index (χ4v) is 2.51. The van der Waals surface area contributed by atoms with Gasteiger partial charge in [-0.15, -0.1) is 11.8 Å². The normalized spacial score (nSPS) is 10.1. The minimum Gasteiger partial charge on any atom is -0.494 e. The highest BCUT2D eigenvalue weighted by molar-refractivity contribution is 8.00. The highest BCUT2D eigenvalue weighted by Gasteiger charge is 2.07. The minimum absolute atomic E-state index is 0.00763. The van der Waals surface area contributed by atoms with E-state index in [1.807, 2.05) is 31.2 Å². The van der Waals surface area contributed by atoms with E-state index in [0.29, 0.717) is 12.3 Å². The molecule has 0 aliphatic heterocycles. The quantitative estimate of drug-likeness (QED) is 0.475. The summed E-state index contributed by atoms with van der Waals surface area (Å²) in [6.45, 7) is 2.54. The topological polar surface area (TPSA) is 81.5 Å². The second-order valence-corrected chi connectivity index (χ2v) is 5.59. The van der Waals surface area contributed by atoms with E-state index < -0.39 is 4.92 Å². The van der Waals surface area contributed by atoms with Crippen LogP contribution >= 0.6 is 11.8 Å². The molecule has 0 aromatic heterocycles. The van der Waals surface area contributed by atoms with Gasteiger partial charge in [0.05, 0.1) is 17.3 Å². The van der Waals surface area contributed by atoms with Gasteiger partial charge < -0.3 is 10.1 Å². The van der Waals surface area contributed by atoms with E-state index in [-0.39, 0.29) is 17.3 Å². The molecule has 0 saturated heterocycles. The van der Waals surface area contributed by atoms with Gasteiger partial charge in [-0.25, -0.2) is 0 Å². The Bertz CT molecular complexity index is 671. The van der Waals surface area contributed by atoms with Gasteiger partial charge in [-0.2, -0.15) is 0 Å². The molecule has 0 fully saturated rings. The summed E-state index contributed by atoms with van der Waals surface area (Å²) in [5.74, 6) is 0.884. The molecule has 23 heavy (non-hydrogen) atoms. The zero-order valence-corrected chi connectivity index (χ0v) is 13.3. The third-order valence-corrected chi connectivity index (χ3v) is 3.88. The lowest BCUT2D eigenvalue weighted by Crippen LogP contribution is -2.13. The number of nitro groups is 1. The van der Waals surface area contributed by atoms with Crippen LogP contribution in [0.2, 0.25) is 0 Å². The summed E-state index contributed by atoms with van der Waals surface area (Å²) in [6, 6.07) is 13.3. The minimum atomic E-state index is -0.479. The zero-order chi connectivity index (χ0) is 16.7. The van der Waals surface area contributed by atoms with Crippen molar-refractivity contribution in [3.05, 3.63) is 58.6 Å². The number of nitro benzene ring substituents is 1. The summed E-state index contributed by atoms with van der Waals surface area (Å²) >= 11 is 1.41. The third-order valence-electron chi connectivity index (χ3n) is 2.87. The number of non-ortho nitro benzene ring substituents is 1. The molecule has 0 bridgehead atoms. The van der Waals surface area contributed by atoms with Gasteiger partial charge in [-0.1, -0.05) is 0 Å². The van der Waals surface area contributed by atoms with Gasteiger partial charge in [0.25, 0.3) is 5.69 Å². The number of nitrogens with zero attached hydrogens (tertiary/aromatic N) is 1. The third kappa shape index (κ3) is 5.30. The van der Waals surface area contributed by atoms with Gasteiger partial charge in [-0.3, -0.25) is 14.9 Å². The predicted molar refractivity (Wildman–Crippen MR) is 90.1 cm³/mol. The Kier molecular flexibility index (Phi) is 5.99. The van der Waals surface area contributed by atoms with Crippen LogP contribution in [-0.4, -0.2) is 23.2 Å². The fraction of sp³-hybridized carbons (Fsp3) is 0.188. The summed E-state index contributed by atoms with van der Waals surface area (Å²) in [6.07, 6.45) is 0. The summed E-state index contributed by atoms with van der Waals surface area (Å²) < 4.78 is 5.36. The van der Waals surface area contributed by atoms with Crippen molar-refractivity contribution >= 4 is 29.0 Å². The molecule has 6 nitrogen and oxygen atoms in total. The first-order chi connectivity index (χ1) is 11.1. The van der Waals surface area contributed by atoms with E-state index in [0.717, 1.165) is 10.6 Å². The van der Waals surface area contributed by atoms with Crippen LogP contribution in [0.25, 0.3) is 0 Å². The number of ether oxygens (including phenoxy) is 1. The van der Waals surface area contributed by atoms with Crippen molar-refractivity contribution in [3.63, 3.8) is 0 Å². The van der Waals surface area contributed by atoms with Crippen LogP contribution in [0.5, 0.6) is 5.75 Å². The van der Waals surface area contributed by atoms with Crippen molar-refractivity contribution in [1.82, 2.24) is 0 Å².